The molecule has 1 aliphatic heterocycles. The van der Waals surface area contributed by atoms with Crippen molar-refractivity contribution in [3.05, 3.63) is 77.2 Å². The van der Waals surface area contributed by atoms with Crippen LogP contribution in [0.25, 0.3) is 11.3 Å². The van der Waals surface area contributed by atoms with Crippen LogP contribution >= 0.6 is 11.6 Å². The first kappa shape index (κ1) is 14.2. The summed E-state index contributed by atoms with van der Waals surface area (Å²) in [7, 11) is 0. The Labute approximate surface area is 140 Å². The van der Waals surface area contributed by atoms with Crippen molar-refractivity contribution >= 4 is 17.3 Å². The standard InChI is InChI=1S/C19H15ClN3/c1-12-19(15-7-2-3-8-16(15)23-12)18-10-17(21-11-22-18)13-5-4-6-14(20)9-13/h2-12,19H,1H3. The smallest absolute Gasteiger partial charge is 0.116 e. The topological polar surface area (TPSA) is 39.9 Å². The quantitative estimate of drug-likeness (QED) is 0.694. The number of nitrogens with zero attached hydrogens (tertiary/aromatic N) is 3. The van der Waals surface area contributed by atoms with E-state index in [9.17, 15) is 0 Å². The van der Waals surface area contributed by atoms with Gasteiger partial charge in [-0.3, -0.25) is 5.32 Å². The number of aromatic nitrogens is 2. The van der Waals surface area contributed by atoms with Crippen LogP contribution < -0.4 is 5.32 Å². The number of rotatable bonds is 2. The maximum Gasteiger partial charge on any atom is 0.116 e. The molecule has 2 heterocycles. The lowest BCUT2D eigenvalue weighted by Crippen LogP contribution is -2.17. The fourth-order valence-corrected chi connectivity index (χ4v) is 3.37. The van der Waals surface area contributed by atoms with Gasteiger partial charge in [0.25, 0.3) is 0 Å². The molecule has 1 radical (unpaired) electrons. The molecule has 4 heteroatoms. The SMILES string of the molecule is CC1[N]c2ccccc2C1c1cc(-c2cccc(Cl)c2)ncn1. The lowest BCUT2D eigenvalue weighted by atomic mass is 9.92. The van der Waals surface area contributed by atoms with E-state index in [1.165, 1.54) is 5.56 Å². The van der Waals surface area contributed by atoms with Gasteiger partial charge >= 0.3 is 0 Å². The van der Waals surface area contributed by atoms with Gasteiger partial charge in [-0.1, -0.05) is 41.9 Å². The second-order valence-electron chi connectivity index (χ2n) is 5.74. The predicted octanol–water partition coefficient (Wildman–Crippen LogP) is 4.57. The van der Waals surface area contributed by atoms with Crippen molar-refractivity contribution < 1.29 is 0 Å². The zero-order chi connectivity index (χ0) is 15.8. The summed E-state index contributed by atoms with van der Waals surface area (Å²) in [5.74, 6) is 0.173. The molecule has 0 N–H and O–H groups in total. The van der Waals surface area contributed by atoms with Gasteiger partial charge in [-0.15, -0.1) is 0 Å². The van der Waals surface area contributed by atoms with Crippen molar-refractivity contribution in [3.8, 4) is 11.3 Å². The maximum atomic E-state index is 6.09. The Kier molecular flexibility index (Phi) is 3.50. The fourth-order valence-electron chi connectivity index (χ4n) is 3.18. The molecular weight excluding hydrogens is 306 g/mol. The number of para-hydroxylation sites is 1. The molecule has 3 nitrogen and oxygen atoms in total. The summed E-state index contributed by atoms with van der Waals surface area (Å²) in [5, 5.41) is 5.45. The highest BCUT2D eigenvalue weighted by Crippen LogP contribution is 2.40. The van der Waals surface area contributed by atoms with E-state index in [0.717, 1.165) is 22.6 Å². The van der Waals surface area contributed by atoms with Crippen molar-refractivity contribution in [2.45, 2.75) is 18.9 Å². The summed E-state index contributed by atoms with van der Waals surface area (Å²) >= 11 is 6.09. The zero-order valence-electron chi connectivity index (χ0n) is 12.6. The highest BCUT2D eigenvalue weighted by molar-refractivity contribution is 6.30. The van der Waals surface area contributed by atoms with E-state index >= 15 is 0 Å². The normalized spacial score (nSPS) is 19.2. The van der Waals surface area contributed by atoms with Gasteiger partial charge in [-0.05, 0) is 36.8 Å². The van der Waals surface area contributed by atoms with Crippen molar-refractivity contribution in [1.82, 2.24) is 15.3 Å². The van der Waals surface area contributed by atoms with E-state index in [4.69, 9.17) is 16.9 Å². The number of hydrogen-bond acceptors (Lipinski definition) is 2. The molecular formula is C19H15ClN3. The van der Waals surface area contributed by atoms with Gasteiger partial charge in [-0.2, -0.15) is 0 Å². The molecule has 0 bridgehead atoms. The van der Waals surface area contributed by atoms with Gasteiger partial charge in [0, 0.05) is 10.6 Å². The third-order valence-corrected chi connectivity index (χ3v) is 4.46. The monoisotopic (exact) mass is 320 g/mol. The van der Waals surface area contributed by atoms with Crippen molar-refractivity contribution in [3.63, 3.8) is 0 Å². The van der Waals surface area contributed by atoms with E-state index < -0.39 is 0 Å². The number of benzene rings is 2. The molecule has 1 aliphatic rings. The highest BCUT2D eigenvalue weighted by Gasteiger charge is 2.32. The Balaban J connectivity index is 1.78. The van der Waals surface area contributed by atoms with Crippen LogP contribution in [0.3, 0.4) is 0 Å². The fraction of sp³-hybridized carbons (Fsp3) is 0.158. The van der Waals surface area contributed by atoms with Crippen LogP contribution in [0.15, 0.2) is 60.9 Å². The minimum Gasteiger partial charge on any atom is -0.281 e. The first-order chi connectivity index (χ1) is 11.2. The average molecular weight is 321 g/mol. The molecule has 4 rings (SSSR count). The predicted molar refractivity (Wildman–Crippen MR) is 92.0 cm³/mol. The lowest BCUT2D eigenvalue weighted by molar-refractivity contribution is 0.603. The van der Waals surface area contributed by atoms with Crippen LogP contribution in [0.5, 0.6) is 0 Å². The Morgan fingerprint density at radius 1 is 0.957 bits per heavy atom. The summed E-state index contributed by atoms with van der Waals surface area (Å²) in [6.07, 6.45) is 1.62. The number of hydrogen-bond donors (Lipinski definition) is 0. The molecule has 0 fully saturated rings. The number of fused-ring (bicyclic) bond motifs is 1. The first-order valence-corrected chi connectivity index (χ1v) is 7.98. The van der Waals surface area contributed by atoms with Crippen molar-refractivity contribution in [2.75, 3.05) is 0 Å². The minimum atomic E-state index is 0.173. The summed E-state index contributed by atoms with van der Waals surface area (Å²) < 4.78 is 0. The Hall–Kier alpha value is -2.39. The Bertz CT molecular complexity index is 862. The van der Waals surface area contributed by atoms with Crippen LogP contribution in [0, 0.1) is 0 Å². The average Bonchev–Trinajstić information content (AvgIpc) is 2.91. The summed E-state index contributed by atoms with van der Waals surface area (Å²) in [5.41, 5.74) is 5.17. The molecule has 0 spiro atoms. The van der Waals surface area contributed by atoms with Gasteiger partial charge in [0.1, 0.15) is 6.33 Å². The van der Waals surface area contributed by atoms with Gasteiger partial charge in [0.2, 0.25) is 0 Å². The number of halogens is 1. The minimum absolute atomic E-state index is 0.173. The molecule has 0 saturated carbocycles. The largest absolute Gasteiger partial charge is 0.281 e. The van der Waals surface area contributed by atoms with Crippen molar-refractivity contribution in [1.29, 1.82) is 0 Å². The molecule has 3 aromatic rings. The third kappa shape index (κ3) is 2.57. The van der Waals surface area contributed by atoms with E-state index in [0.29, 0.717) is 5.02 Å². The lowest BCUT2D eigenvalue weighted by Gasteiger charge is -2.15. The summed E-state index contributed by atoms with van der Waals surface area (Å²) in [6.45, 7) is 2.13. The second kappa shape index (κ2) is 5.67. The van der Waals surface area contributed by atoms with Crippen LogP contribution in [-0.4, -0.2) is 16.0 Å². The van der Waals surface area contributed by atoms with Crippen LogP contribution in [0.1, 0.15) is 24.1 Å². The molecule has 0 aliphatic carbocycles. The first-order valence-electron chi connectivity index (χ1n) is 7.60. The molecule has 0 amide bonds. The van der Waals surface area contributed by atoms with E-state index in [1.54, 1.807) is 6.33 Å². The van der Waals surface area contributed by atoms with Gasteiger partial charge in [0.15, 0.2) is 0 Å². The third-order valence-electron chi connectivity index (χ3n) is 4.22. The Morgan fingerprint density at radius 2 is 1.83 bits per heavy atom. The van der Waals surface area contributed by atoms with E-state index in [-0.39, 0.29) is 12.0 Å². The van der Waals surface area contributed by atoms with E-state index in [1.807, 2.05) is 36.4 Å². The molecule has 1 aromatic heterocycles. The van der Waals surface area contributed by atoms with Crippen LogP contribution in [0.2, 0.25) is 5.02 Å². The molecule has 2 unspecified atom stereocenters. The maximum absolute atomic E-state index is 6.09. The molecule has 113 valence electrons. The summed E-state index contributed by atoms with van der Waals surface area (Å²) in [6, 6.07) is 18.2. The van der Waals surface area contributed by atoms with Crippen molar-refractivity contribution in [2.24, 2.45) is 0 Å². The summed E-state index contributed by atoms with van der Waals surface area (Å²) in [4.78, 5) is 8.92. The molecule has 2 aromatic carbocycles. The zero-order valence-corrected chi connectivity index (χ0v) is 13.4. The molecule has 23 heavy (non-hydrogen) atoms. The molecule has 0 saturated heterocycles. The highest BCUT2D eigenvalue weighted by atomic mass is 35.5. The Morgan fingerprint density at radius 3 is 2.70 bits per heavy atom. The van der Waals surface area contributed by atoms with Gasteiger partial charge < -0.3 is 0 Å². The second-order valence-corrected chi connectivity index (χ2v) is 6.18. The van der Waals surface area contributed by atoms with Gasteiger partial charge in [0.05, 0.1) is 29.0 Å². The van der Waals surface area contributed by atoms with Crippen LogP contribution in [0.4, 0.5) is 5.69 Å². The van der Waals surface area contributed by atoms with Crippen LogP contribution in [-0.2, 0) is 0 Å². The van der Waals surface area contributed by atoms with Gasteiger partial charge in [-0.25, -0.2) is 9.97 Å². The molecule has 2 atom stereocenters. The van der Waals surface area contributed by atoms with E-state index in [2.05, 4.69) is 35.1 Å².